The summed E-state index contributed by atoms with van der Waals surface area (Å²) in [4.78, 5) is 0. The fourth-order valence-electron chi connectivity index (χ4n) is 1.71. The van der Waals surface area contributed by atoms with E-state index in [9.17, 15) is 0 Å². The van der Waals surface area contributed by atoms with E-state index in [2.05, 4.69) is 39.8 Å². The fraction of sp³-hybridized carbons (Fsp3) is 0.500. The van der Waals surface area contributed by atoms with Gasteiger partial charge in [0.2, 0.25) is 0 Å². The highest BCUT2D eigenvalue weighted by atomic mass is 14.1. The Hall–Kier alpha value is -0.780. The summed E-state index contributed by atoms with van der Waals surface area (Å²) in [6, 6.07) is 4.66. The van der Waals surface area contributed by atoms with Gasteiger partial charge in [-0.25, -0.2) is 0 Å². The van der Waals surface area contributed by atoms with Crippen LogP contribution >= 0.6 is 0 Å². The molecule has 1 aromatic rings. The summed E-state index contributed by atoms with van der Waals surface area (Å²) >= 11 is 0. The molecule has 0 aliphatic rings. The molecule has 66 valence electrons. The molecule has 0 radical (unpaired) electrons. The smallest absolute Gasteiger partial charge is 0.0305 e. The van der Waals surface area contributed by atoms with Crippen LogP contribution in [0.4, 0.5) is 0 Å². The first-order chi connectivity index (χ1) is 5.69. The lowest BCUT2D eigenvalue weighted by molar-refractivity contribution is 1.05. The van der Waals surface area contributed by atoms with Crippen LogP contribution in [-0.4, -0.2) is 0 Å². The van der Waals surface area contributed by atoms with E-state index >= 15 is 0 Å². The Kier molecular flexibility index (Phi) is 2.91. The number of benzene rings is 1. The Bertz CT molecular complexity index is 246. The Morgan fingerprint density at radius 3 is 1.58 bits per heavy atom. The molecule has 0 aliphatic heterocycles. The quantitative estimate of drug-likeness (QED) is 0.625. The zero-order valence-corrected chi connectivity index (χ0v) is 8.57. The van der Waals surface area contributed by atoms with Crippen LogP contribution in [-0.2, 0) is 12.8 Å². The van der Waals surface area contributed by atoms with E-state index < -0.39 is 0 Å². The third-order valence-corrected chi connectivity index (χ3v) is 2.56. The van der Waals surface area contributed by atoms with Gasteiger partial charge in [0.1, 0.15) is 0 Å². The van der Waals surface area contributed by atoms with Crippen molar-refractivity contribution in [2.75, 3.05) is 0 Å². The van der Waals surface area contributed by atoms with Crippen LogP contribution in [0.1, 0.15) is 36.1 Å². The summed E-state index contributed by atoms with van der Waals surface area (Å²) < 4.78 is 0. The van der Waals surface area contributed by atoms with Crippen molar-refractivity contribution in [1.82, 2.24) is 0 Å². The SMILES string of the molecule is CCc1cc(CC)c(C)cc1C. The van der Waals surface area contributed by atoms with Crippen molar-refractivity contribution in [3.05, 3.63) is 34.4 Å². The van der Waals surface area contributed by atoms with E-state index in [0.717, 1.165) is 12.8 Å². The molecular formula is C12H18. The third kappa shape index (κ3) is 1.69. The molecule has 0 fully saturated rings. The molecule has 0 bridgehead atoms. The van der Waals surface area contributed by atoms with Crippen molar-refractivity contribution < 1.29 is 0 Å². The van der Waals surface area contributed by atoms with E-state index in [0.29, 0.717) is 0 Å². The number of hydrogen-bond donors (Lipinski definition) is 0. The van der Waals surface area contributed by atoms with E-state index in [-0.39, 0.29) is 0 Å². The first-order valence-corrected chi connectivity index (χ1v) is 4.78. The van der Waals surface area contributed by atoms with E-state index in [1.807, 2.05) is 0 Å². The van der Waals surface area contributed by atoms with Crippen LogP contribution in [0.5, 0.6) is 0 Å². The molecule has 0 spiro atoms. The topological polar surface area (TPSA) is 0 Å². The van der Waals surface area contributed by atoms with Crippen LogP contribution in [0, 0.1) is 13.8 Å². The van der Waals surface area contributed by atoms with Crippen LogP contribution in [0.25, 0.3) is 0 Å². The van der Waals surface area contributed by atoms with Gasteiger partial charge in [-0.05, 0) is 48.9 Å². The molecule has 0 saturated carbocycles. The minimum Gasteiger partial charge on any atom is -0.0613 e. The summed E-state index contributed by atoms with van der Waals surface area (Å²) in [5, 5.41) is 0. The predicted octanol–water partition coefficient (Wildman–Crippen LogP) is 3.43. The summed E-state index contributed by atoms with van der Waals surface area (Å²) in [5.41, 5.74) is 5.87. The largest absolute Gasteiger partial charge is 0.0613 e. The van der Waals surface area contributed by atoms with E-state index in [1.54, 1.807) is 0 Å². The summed E-state index contributed by atoms with van der Waals surface area (Å²) in [5.74, 6) is 0. The maximum Gasteiger partial charge on any atom is -0.0305 e. The molecule has 0 nitrogen and oxygen atoms in total. The van der Waals surface area contributed by atoms with E-state index in [1.165, 1.54) is 22.3 Å². The highest BCUT2D eigenvalue weighted by Gasteiger charge is 2.00. The van der Waals surface area contributed by atoms with Crippen molar-refractivity contribution in [2.45, 2.75) is 40.5 Å². The lowest BCUT2D eigenvalue weighted by Crippen LogP contribution is -1.93. The Morgan fingerprint density at radius 1 is 0.833 bits per heavy atom. The van der Waals surface area contributed by atoms with Gasteiger partial charge >= 0.3 is 0 Å². The van der Waals surface area contributed by atoms with Crippen molar-refractivity contribution in [3.63, 3.8) is 0 Å². The monoisotopic (exact) mass is 162 g/mol. The molecule has 0 unspecified atom stereocenters. The van der Waals surface area contributed by atoms with E-state index in [4.69, 9.17) is 0 Å². The number of aryl methyl sites for hydroxylation is 4. The fourth-order valence-corrected chi connectivity index (χ4v) is 1.71. The minimum atomic E-state index is 1.15. The van der Waals surface area contributed by atoms with Crippen LogP contribution in [0.15, 0.2) is 12.1 Å². The zero-order valence-electron chi connectivity index (χ0n) is 8.57. The van der Waals surface area contributed by atoms with Gasteiger partial charge in [-0.15, -0.1) is 0 Å². The average molecular weight is 162 g/mol. The second-order valence-electron chi connectivity index (χ2n) is 3.41. The minimum absolute atomic E-state index is 1.15. The Balaban J connectivity index is 3.18. The summed E-state index contributed by atoms with van der Waals surface area (Å²) in [6.45, 7) is 8.84. The molecule has 0 aliphatic carbocycles. The Labute approximate surface area is 75.6 Å². The van der Waals surface area contributed by atoms with Gasteiger partial charge in [0.15, 0.2) is 0 Å². The normalized spacial score (nSPS) is 10.3. The average Bonchev–Trinajstić information content (AvgIpc) is 2.05. The second kappa shape index (κ2) is 3.75. The number of hydrogen-bond acceptors (Lipinski definition) is 0. The zero-order chi connectivity index (χ0) is 9.14. The molecule has 1 aromatic carbocycles. The molecular weight excluding hydrogens is 144 g/mol. The first kappa shape index (κ1) is 9.31. The molecule has 0 heteroatoms. The third-order valence-electron chi connectivity index (χ3n) is 2.56. The maximum absolute atomic E-state index is 2.35. The van der Waals surface area contributed by atoms with Gasteiger partial charge in [0.05, 0.1) is 0 Å². The molecule has 0 heterocycles. The van der Waals surface area contributed by atoms with Crippen molar-refractivity contribution in [2.24, 2.45) is 0 Å². The summed E-state index contributed by atoms with van der Waals surface area (Å²) in [6.07, 6.45) is 2.30. The lowest BCUT2D eigenvalue weighted by atomic mass is 9.97. The van der Waals surface area contributed by atoms with Gasteiger partial charge in [-0.2, -0.15) is 0 Å². The molecule has 1 rings (SSSR count). The van der Waals surface area contributed by atoms with Crippen molar-refractivity contribution >= 4 is 0 Å². The summed E-state index contributed by atoms with van der Waals surface area (Å²) in [7, 11) is 0. The lowest BCUT2D eigenvalue weighted by Gasteiger charge is -2.09. The van der Waals surface area contributed by atoms with Gasteiger partial charge < -0.3 is 0 Å². The molecule has 0 aromatic heterocycles. The Morgan fingerprint density at radius 2 is 1.25 bits per heavy atom. The molecule has 0 atom stereocenters. The standard InChI is InChI=1S/C12H18/c1-5-11-8-12(6-2)10(4)7-9(11)3/h7-8H,5-6H2,1-4H3. The van der Waals surface area contributed by atoms with Gasteiger partial charge in [-0.3, -0.25) is 0 Å². The van der Waals surface area contributed by atoms with Gasteiger partial charge in [0.25, 0.3) is 0 Å². The second-order valence-corrected chi connectivity index (χ2v) is 3.41. The maximum atomic E-state index is 2.35. The van der Waals surface area contributed by atoms with Crippen molar-refractivity contribution in [3.8, 4) is 0 Å². The van der Waals surface area contributed by atoms with Crippen LogP contribution in [0.3, 0.4) is 0 Å². The molecule has 0 N–H and O–H groups in total. The van der Waals surface area contributed by atoms with Crippen LogP contribution in [0.2, 0.25) is 0 Å². The van der Waals surface area contributed by atoms with Gasteiger partial charge in [0, 0.05) is 0 Å². The predicted molar refractivity (Wildman–Crippen MR) is 54.7 cm³/mol. The molecule has 0 amide bonds. The highest BCUT2D eigenvalue weighted by Crippen LogP contribution is 2.16. The first-order valence-electron chi connectivity index (χ1n) is 4.78. The molecule has 0 saturated heterocycles. The molecule has 12 heavy (non-hydrogen) atoms. The van der Waals surface area contributed by atoms with Gasteiger partial charge in [-0.1, -0.05) is 26.0 Å². The highest BCUT2D eigenvalue weighted by molar-refractivity contribution is 5.37. The van der Waals surface area contributed by atoms with Crippen LogP contribution < -0.4 is 0 Å². The number of rotatable bonds is 2. The van der Waals surface area contributed by atoms with Crippen molar-refractivity contribution in [1.29, 1.82) is 0 Å².